The van der Waals surface area contributed by atoms with Crippen LogP contribution in [0, 0.1) is 5.82 Å². The third-order valence-corrected chi connectivity index (χ3v) is 4.68. The number of aliphatic hydroxyl groups is 1. The van der Waals surface area contributed by atoms with Crippen molar-refractivity contribution in [1.82, 2.24) is 9.88 Å². The lowest BCUT2D eigenvalue weighted by Gasteiger charge is -2.42. The number of piperazine rings is 1. The van der Waals surface area contributed by atoms with Gasteiger partial charge in [0.1, 0.15) is 17.2 Å². The van der Waals surface area contributed by atoms with Crippen molar-refractivity contribution in [2.24, 2.45) is 0 Å². The number of aromatic nitrogens is 1. The van der Waals surface area contributed by atoms with Crippen molar-refractivity contribution < 1.29 is 19.4 Å². The number of carboxylic acids is 1. The Kier molecular flexibility index (Phi) is 5.80. The molecule has 1 saturated heterocycles. The quantitative estimate of drug-likeness (QED) is 0.821. The second-order valence-electron chi connectivity index (χ2n) is 6.39. The number of benzene rings is 1. The number of rotatable bonds is 6. The number of carboxylic acid groups (broad SMARTS) is 1. The van der Waals surface area contributed by atoms with Crippen molar-refractivity contribution >= 4 is 11.8 Å². The number of carbonyl (C=O) groups is 1. The fourth-order valence-electron chi connectivity index (χ4n) is 3.36. The monoisotopic (exact) mass is 359 g/mol. The Hall–Kier alpha value is -2.51. The zero-order valence-corrected chi connectivity index (χ0v) is 14.4. The van der Waals surface area contributed by atoms with Gasteiger partial charge in [-0.1, -0.05) is 12.1 Å². The van der Waals surface area contributed by atoms with Crippen molar-refractivity contribution in [2.45, 2.75) is 19.0 Å². The molecule has 1 aromatic heterocycles. The van der Waals surface area contributed by atoms with E-state index < -0.39 is 5.97 Å². The van der Waals surface area contributed by atoms with Crippen LogP contribution in [-0.2, 0) is 6.54 Å². The van der Waals surface area contributed by atoms with Crippen LogP contribution < -0.4 is 4.90 Å². The summed E-state index contributed by atoms with van der Waals surface area (Å²) >= 11 is 0. The number of aliphatic hydroxyl groups excluding tert-OH is 1. The summed E-state index contributed by atoms with van der Waals surface area (Å²) in [5, 5.41) is 18.8. The van der Waals surface area contributed by atoms with Crippen molar-refractivity contribution in [3.63, 3.8) is 0 Å². The van der Waals surface area contributed by atoms with E-state index in [9.17, 15) is 19.4 Å². The maximum Gasteiger partial charge on any atom is 0.339 e. The molecule has 2 aromatic rings. The van der Waals surface area contributed by atoms with Crippen molar-refractivity contribution in [3.8, 4) is 0 Å². The number of hydrogen-bond donors (Lipinski definition) is 2. The Bertz CT molecular complexity index is 754. The maximum atomic E-state index is 13.1. The predicted octanol–water partition coefficient (Wildman–Crippen LogP) is 1.99. The van der Waals surface area contributed by atoms with Crippen LogP contribution in [0.2, 0.25) is 0 Å². The fraction of sp³-hybridized carbons (Fsp3) is 0.368. The summed E-state index contributed by atoms with van der Waals surface area (Å²) in [5.41, 5.74) is 1.19. The van der Waals surface area contributed by atoms with E-state index in [1.165, 1.54) is 12.1 Å². The molecule has 7 heteroatoms. The smallest absolute Gasteiger partial charge is 0.339 e. The van der Waals surface area contributed by atoms with Gasteiger partial charge in [-0.25, -0.2) is 14.2 Å². The van der Waals surface area contributed by atoms with Crippen LogP contribution in [0.25, 0.3) is 0 Å². The molecule has 0 saturated carbocycles. The molecular formula is C19H22FN3O3. The number of pyridine rings is 1. The van der Waals surface area contributed by atoms with Gasteiger partial charge in [0.05, 0.1) is 0 Å². The van der Waals surface area contributed by atoms with Crippen LogP contribution >= 0.6 is 0 Å². The average Bonchev–Trinajstić information content (AvgIpc) is 2.65. The normalized spacial score (nSPS) is 18.1. The molecule has 6 nitrogen and oxygen atoms in total. The van der Waals surface area contributed by atoms with E-state index in [-0.39, 0.29) is 24.0 Å². The third kappa shape index (κ3) is 4.17. The Morgan fingerprint density at radius 2 is 2.00 bits per heavy atom. The highest BCUT2D eigenvalue weighted by Crippen LogP contribution is 2.23. The number of nitrogens with zero attached hydrogens (tertiary/aromatic N) is 3. The summed E-state index contributed by atoms with van der Waals surface area (Å²) in [6.45, 7) is 2.64. The zero-order valence-electron chi connectivity index (χ0n) is 14.4. The lowest BCUT2D eigenvalue weighted by Crippen LogP contribution is -2.53. The molecule has 1 atom stereocenters. The summed E-state index contributed by atoms with van der Waals surface area (Å²) in [6.07, 6.45) is 2.17. The van der Waals surface area contributed by atoms with Gasteiger partial charge in [0.15, 0.2) is 0 Å². The first kappa shape index (κ1) is 18.3. The Morgan fingerprint density at radius 1 is 1.23 bits per heavy atom. The molecule has 1 fully saturated rings. The molecule has 138 valence electrons. The van der Waals surface area contributed by atoms with Gasteiger partial charge in [-0.05, 0) is 36.2 Å². The number of halogens is 1. The van der Waals surface area contributed by atoms with Crippen LogP contribution in [0.1, 0.15) is 22.3 Å². The third-order valence-electron chi connectivity index (χ3n) is 4.68. The van der Waals surface area contributed by atoms with E-state index in [4.69, 9.17) is 0 Å². The van der Waals surface area contributed by atoms with Crippen LogP contribution in [0.3, 0.4) is 0 Å². The highest BCUT2D eigenvalue weighted by molar-refractivity contribution is 5.93. The van der Waals surface area contributed by atoms with E-state index in [0.29, 0.717) is 38.4 Å². The molecule has 1 unspecified atom stereocenters. The van der Waals surface area contributed by atoms with E-state index in [1.54, 1.807) is 30.5 Å². The molecule has 0 bridgehead atoms. The van der Waals surface area contributed by atoms with Crippen LogP contribution in [0.4, 0.5) is 10.2 Å². The average molecular weight is 359 g/mol. The SMILES string of the molecule is O=C(O)c1cccnc1N1CCN(Cc2ccc(F)cc2)C(CCO)C1. The Balaban J connectivity index is 1.75. The highest BCUT2D eigenvalue weighted by Gasteiger charge is 2.29. The standard InChI is InChI=1S/C19H22FN3O3/c20-15-5-3-14(4-6-15)12-22-9-10-23(13-16(22)7-11-24)18-17(19(25)26)2-1-8-21-18/h1-6,8,16,24H,7,9-13H2,(H,25,26). The molecule has 0 spiro atoms. The largest absolute Gasteiger partial charge is 0.478 e. The van der Waals surface area contributed by atoms with Gasteiger partial charge >= 0.3 is 5.97 Å². The van der Waals surface area contributed by atoms with Gasteiger partial charge in [-0.15, -0.1) is 0 Å². The summed E-state index contributed by atoms with van der Waals surface area (Å²) in [7, 11) is 0. The minimum absolute atomic E-state index is 0.0480. The van der Waals surface area contributed by atoms with E-state index >= 15 is 0 Å². The summed E-state index contributed by atoms with van der Waals surface area (Å²) < 4.78 is 13.1. The van der Waals surface area contributed by atoms with Crippen LogP contribution in [0.15, 0.2) is 42.6 Å². The van der Waals surface area contributed by atoms with Gasteiger partial charge < -0.3 is 15.1 Å². The predicted molar refractivity (Wildman–Crippen MR) is 95.7 cm³/mol. The van der Waals surface area contributed by atoms with Gasteiger partial charge in [0.25, 0.3) is 0 Å². The first-order valence-electron chi connectivity index (χ1n) is 8.61. The molecule has 0 aliphatic carbocycles. The lowest BCUT2D eigenvalue weighted by atomic mass is 10.1. The van der Waals surface area contributed by atoms with Gasteiger partial charge in [-0.2, -0.15) is 0 Å². The molecule has 1 aromatic carbocycles. The molecular weight excluding hydrogens is 337 g/mol. The fourth-order valence-corrected chi connectivity index (χ4v) is 3.36. The molecule has 0 amide bonds. The van der Waals surface area contributed by atoms with E-state index in [0.717, 1.165) is 5.56 Å². The zero-order chi connectivity index (χ0) is 18.5. The summed E-state index contributed by atoms with van der Waals surface area (Å²) in [4.78, 5) is 19.9. The minimum Gasteiger partial charge on any atom is -0.478 e. The molecule has 2 heterocycles. The van der Waals surface area contributed by atoms with Crippen LogP contribution in [-0.4, -0.2) is 58.3 Å². The lowest BCUT2D eigenvalue weighted by molar-refractivity contribution is 0.0696. The van der Waals surface area contributed by atoms with Gasteiger partial charge in [0, 0.05) is 45.0 Å². The minimum atomic E-state index is -0.999. The number of anilines is 1. The van der Waals surface area contributed by atoms with Crippen LogP contribution in [0.5, 0.6) is 0 Å². The van der Waals surface area contributed by atoms with Crippen molar-refractivity contribution in [1.29, 1.82) is 0 Å². The van der Waals surface area contributed by atoms with Crippen molar-refractivity contribution in [3.05, 3.63) is 59.5 Å². The first-order chi connectivity index (χ1) is 12.6. The van der Waals surface area contributed by atoms with E-state index in [2.05, 4.69) is 9.88 Å². The molecule has 3 rings (SSSR count). The maximum absolute atomic E-state index is 13.1. The number of hydrogen-bond acceptors (Lipinski definition) is 5. The molecule has 0 radical (unpaired) electrons. The van der Waals surface area contributed by atoms with Gasteiger partial charge in [-0.3, -0.25) is 4.90 Å². The van der Waals surface area contributed by atoms with Crippen molar-refractivity contribution in [2.75, 3.05) is 31.1 Å². The highest BCUT2D eigenvalue weighted by atomic mass is 19.1. The summed E-state index contributed by atoms with van der Waals surface area (Å²) in [5.74, 6) is -0.799. The Morgan fingerprint density at radius 3 is 2.69 bits per heavy atom. The molecule has 2 N–H and O–H groups in total. The first-order valence-corrected chi connectivity index (χ1v) is 8.61. The second-order valence-corrected chi connectivity index (χ2v) is 6.39. The molecule has 1 aliphatic heterocycles. The molecule has 1 aliphatic rings. The molecule has 26 heavy (non-hydrogen) atoms. The second kappa shape index (κ2) is 8.25. The summed E-state index contributed by atoms with van der Waals surface area (Å²) in [6, 6.07) is 9.64. The number of aromatic carboxylic acids is 1. The topological polar surface area (TPSA) is 76.9 Å². The Labute approximate surface area is 151 Å². The van der Waals surface area contributed by atoms with E-state index in [1.807, 2.05) is 4.90 Å². The van der Waals surface area contributed by atoms with Gasteiger partial charge in [0.2, 0.25) is 0 Å².